The number of hydrogen-bond donors (Lipinski definition) is 1. The molecule has 0 saturated heterocycles. The highest BCUT2D eigenvalue weighted by Gasteiger charge is 2.37. The molecule has 1 aromatic heterocycles. The van der Waals surface area contributed by atoms with Gasteiger partial charge in [-0.05, 0) is 42.2 Å². The molecule has 0 aromatic carbocycles. The lowest BCUT2D eigenvalue weighted by Crippen LogP contribution is -2.40. The van der Waals surface area contributed by atoms with Gasteiger partial charge in [0.2, 0.25) is 0 Å². The van der Waals surface area contributed by atoms with E-state index < -0.39 is 8.32 Å². The van der Waals surface area contributed by atoms with Crippen molar-refractivity contribution in [2.24, 2.45) is 0 Å². The number of aryl methyl sites for hydroxylation is 1. The zero-order chi connectivity index (χ0) is 14.0. The highest BCUT2D eigenvalue weighted by Crippen LogP contribution is 2.37. The predicted molar refractivity (Wildman–Crippen MR) is 80.0 cm³/mol. The van der Waals surface area contributed by atoms with Gasteiger partial charge in [0.05, 0.1) is 6.61 Å². The molecule has 102 valence electrons. The van der Waals surface area contributed by atoms with E-state index in [0.29, 0.717) is 12.4 Å². The Morgan fingerprint density at radius 1 is 1.28 bits per heavy atom. The van der Waals surface area contributed by atoms with Crippen molar-refractivity contribution < 1.29 is 4.43 Å². The summed E-state index contributed by atoms with van der Waals surface area (Å²) in [5.74, 6) is 0.586. The highest BCUT2D eigenvalue weighted by atomic mass is 28.4. The van der Waals surface area contributed by atoms with E-state index in [1.54, 1.807) is 0 Å². The summed E-state index contributed by atoms with van der Waals surface area (Å²) < 4.78 is 6.19. The van der Waals surface area contributed by atoms with Crippen LogP contribution in [0.5, 0.6) is 0 Å². The van der Waals surface area contributed by atoms with Crippen LogP contribution in [0.3, 0.4) is 0 Å². The minimum Gasteiger partial charge on any atom is -0.413 e. The first-order valence-electron chi connectivity index (χ1n) is 6.55. The van der Waals surface area contributed by atoms with Crippen molar-refractivity contribution in [3.63, 3.8) is 0 Å². The zero-order valence-corrected chi connectivity index (χ0v) is 13.5. The van der Waals surface area contributed by atoms with Gasteiger partial charge in [-0.2, -0.15) is 0 Å². The molecule has 2 N–H and O–H groups in total. The Morgan fingerprint density at radius 2 is 1.89 bits per heavy atom. The van der Waals surface area contributed by atoms with Crippen LogP contribution in [0.25, 0.3) is 0 Å². The summed E-state index contributed by atoms with van der Waals surface area (Å²) in [6, 6.07) is 4.00. The second-order valence-electron chi connectivity index (χ2n) is 6.29. The summed E-state index contributed by atoms with van der Waals surface area (Å²) in [6.45, 7) is 14.0. The predicted octanol–water partition coefficient (Wildman–Crippen LogP) is 3.75. The fourth-order valence-electron chi connectivity index (χ4n) is 1.42. The number of nitrogen functional groups attached to an aromatic ring is 1. The van der Waals surface area contributed by atoms with Gasteiger partial charge in [0.15, 0.2) is 8.32 Å². The minimum atomic E-state index is -1.69. The summed E-state index contributed by atoms with van der Waals surface area (Å²) in [5.41, 5.74) is 7.96. The maximum atomic E-state index is 6.19. The summed E-state index contributed by atoms with van der Waals surface area (Å²) in [4.78, 5) is 4.28. The number of anilines is 1. The van der Waals surface area contributed by atoms with Gasteiger partial charge >= 0.3 is 0 Å². The van der Waals surface area contributed by atoms with Crippen molar-refractivity contribution in [2.45, 2.75) is 58.9 Å². The monoisotopic (exact) mass is 266 g/mol. The highest BCUT2D eigenvalue weighted by molar-refractivity contribution is 6.74. The molecular formula is C14H26N2OSi. The van der Waals surface area contributed by atoms with Crippen LogP contribution in [-0.2, 0) is 17.5 Å². The van der Waals surface area contributed by atoms with Crippen LogP contribution in [0, 0.1) is 0 Å². The van der Waals surface area contributed by atoms with E-state index in [1.807, 2.05) is 6.07 Å². The Bertz CT molecular complexity index is 411. The van der Waals surface area contributed by atoms with Gasteiger partial charge in [-0.3, -0.25) is 0 Å². The molecule has 4 heteroatoms. The van der Waals surface area contributed by atoms with E-state index in [-0.39, 0.29) is 5.04 Å². The molecule has 0 aliphatic heterocycles. The third kappa shape index (κ3) is 3.82. The summed E-state index contributed by atoms with van der Waals surface area (Å²) in [5, 5.41) is 0.235. The molecule has 0 saturated carbocycles. The molecule has 0 unspecified atom stereocenters. The van der Waals surface area contributed by atoms with Crippen LogP contribution in [0.15, 0.2) is 12.1 Å². The van der Waals surface area contributed by atoms with Gasteiger partial charge in [-0.25, -0.2) is 4.98 Å². The first-order valence-corrected chi connectivity index (χ1v) is 9.46. The topological polar surface area (TPSA) is 48.1 Å². The number of aromatic nitrogens is 1. The van der Waals surface area contributed by atoms with E-state index in [1.165, 1.54) is 0 Å². The van der Waals surface area contributed by atoms with Crippen molar-refractivity contribution in [3.8, 4) is 0 Å². The van der Waals surface area contributed by atoms with Gasteiger partial charge in [-0.1, -0.05) is 27.7 Å². The lowest BCUT2D eigenvalue weighted by atomic mass is 10.2. The summed E-state index contributed by atoms with van der Waals surface area (Å²) in [7, 11) is -1.69. The lowest BCUT2D eigenvalue weighted by molar-refractivity contribution is 0.276. The van der Waals surface area contributed by atoms with Gasteiger partial charge < -0.3 is 10.2 Å². The smallest absolute Gasteiger partial charge is 0.192 e. The quantitative estimate of drug-likeness (QED) is 0.844. The molecule has 0 bridgehead atoms. The molecule has 1 heterocycles. The second kappa shape index (κ2) is 5.41. The standard InChI is InChI=1S/C14H26N2OSi/c1-7-12-8-11(9-13(15)16-12)10-17-18(5,6)14(2,3)4/h8-9H,7,10H2,1-6H3,(H2,15,16). The third-order valence-corrected chi connectivity index (χ3v) is 8.20. The molecule has 0 aliphatic carbocycles. The molecule has 0 aliphatic rings. The van der Waals surface area contributed by atoms with Crippen molar-refractivity contribution in [3.05, 3.63) is 23.4 Å². The fourth-order valence-corrected chi connectivity index (χ4v) is 2.38. The maximum absolute atomic E-state index is 6.19. The number of pyridine rings is 1. The molecule has 18 heavy (non-hydrogen) atoms. The van der Waals surface area contributed by atoms with E-state index in [9.17, 15) is 0 Å². The van der Waals surface area contributed by atoms with E-state index in [4.69, 9.17) is 10.2 Å². The van der Waals surface area contributed by atoms with Crippen LogP contribution in [0.4, 0.5) is 5.82 Å². The minimum absolute atomic E-state index is 0.235. The Kier molecular flexibility index (Phi) is 4.56. The molecule has 1 rings (SSSR count). The number of hydrogen-bond acceptors (Lipinski definition) is 3. The van der Waals surface area contributed by atoms with Gasteiger partial charge in [0, 0.05) is 5.69 Å². The van der Waals surface area contributed by atoms with Gasteiger partial charge in [0.25, 0.3) is 0 Å². The van der Waals surface area contributed by atoms with Gasteiger partial charge in [0.1, 0.15) is 5.82 Å². The first kappa shape index (κ1) is 15.2. The second-order valence-corrected chi connectivity index (χ2v) is 11.1. The molecule has 3 nitrogen and oxygen atoms in total. The molecule has 0 atom stereocenters. The van der Waals surface area contributed by atoms with Crippen LogP contribution >= 0.6 is 0 Å². The Balaban J connectivity index is 2.78. The van der Waals surface area contributed by atoms with Crippen molar-refractivity contribution in [2.75, 3.05) is 5.73 Å². The number of nitrogens with two attached hydrogens (primary N) is 1. The molecule has 0 spiro atoms. The number of nitrogens with zero attached hydrogens (tertiary/aromatic N) is 1. The van der Waals surface area contributed by atoms with Gasteiger partial charge in [-0.15, -0.1) is 0 Å². The lowest BCUT2D eigenvalue weighted by Gasteiger charge is -2.36. The Labute approximate surface area is 112 Å². The first-order chi connectivity index (χ1) is 8.15. The van der Waals surface area contributed by atoms with Crippen molar-refractivity contribution in [1.82, 2.24) is 4.98 Å². The fraction of sp³-hybridized carbons (Fsp3) is 0.643. The average Bonchev–Trinajstić information content (AvgIpc) is 2.24. The Hall–Kier alpha value is -0.873. The maximum Gasteiger partial charge on any atom is 0.192 e. The SMILES string of the molecule is CCc1cc(CO[Si](C)(C)C(C)(C)C)cc(N)n1. The Morgan fingerprint density at radius 3 is 2.39 bits per heavy atom. The van der Waals surface area contributed by atoms with Crippen LogP contribution in [-0.4, -0.2) is 13.3 Å². The number of rotatable bonds is 4. The van der Waals surface area contributed by atoms with Crippen LogP contribution in [0.2, 0.25) is 18.1 Å². The van der Waals surface area contributed by atoms with Crippen molar-refractivity contribution in [1.29, 1.82) is 0 Å². The largest absolute Gasteiger partial charge is 0.413 e. The molecule has 0 amide bonds. The molecule has 0 fully saturated rings. The zero-order valence-electron chi connectivity index (χ0n) is 12.5. The third-order valence-electron chi connectivity index (χ3n) is 3.73. The average molecular weight is 266 g/mol. The van der Waals surface area contributed by atoms with Crippen molar-refractivity contribution >= 4 is 14.1 Å². The van der Waals surface area contributed by atoms with E-state index >= 15 is 0 Å². The summed E-state index contributed by atoms with van der Waals surface area (Å²) in [6.07, 6.45) is 0.901. The normalized spacial score (nSPS) is 12.8. The molecule has 0 radical (unpaired) electrons. The van der Waals surface area contributed by atoms with E-state index in [2.05, 4.69) is 51.8 Å². The molecule has 1 aromatic rings. The van der Waals surface area contributed by atoms with E-state index in [0.717, 1.165) is 17.7 Å². The summed E-state index contributed by atoms with van der Waals surface area (Å²) >= 11 is 0. The van der Waals surface area contributed by atoms with Crippen LogP contribution < -0.4 is 5.73 Å². The van der Waals surface area contributed by atoms with Crippen LogP contribution in [0.1, 0.15) is 39.0 Å². The molecular weight excluding hydrogens is 240 g/mol.